The van der Waals surface area contributed by atoms with Crippen molar-refractivity contribution in [3.8, 4) is 5.75 Å². The van der Waals surface area contributed by atoms with Crippen LogP contribution in [-0.4, -0.2) is 23.0 Å². The van der Waals surface area contributed by atoms with E-state index in [0.29, 0.717) is 5.56 Å². The minimum absolute atomic E-state index is 0.141. The number of halogens is 1. The summed E-state index contributed by atoms with van der Waals surface area (Å²) in [5, 5.41) is 25.8. The van der Waals surface area contributed by atoms with Gasteiger partial charge in [-0.25, -0.2) is 5.43 Å². The van der Waals surface area contributed by atoms with E-state index in [1.807, 2.05) is 48.5 Å². The highest BCUT2D eigenvalue weighted by Gasteiger charge is 2.13. The van der Waals surface area contributed by atoms with Gasteiger partial charge in [0, 0.05) is 15.9 Å². The van der Waals surface area contributed by atoms with Crippen molar-refractivity contribution in [3.05, 3.63) is 76.8 Å². The SMILES string of the molecule is O=C(CSc1n[nH+]c(SCc2ccc(Cl)cc2)s1)NN=Cc1c([O-])ccc2ccccc12. The van der Waals surface area contributed by atoms with Crippen molar-refractivity contribution in [3.63, 3.8) is 0 Å². The van der Waals surface area contributed by atoms with Gasteiger partial charge in [0.15, 0.2) is 0 Å². The van der Waals surface area contributed by atoms with E-state index in [4.69, 9.17) is 11.6 Å². The van der Waals surface area contributed by atoms with Gasteiger partial charge >= 0.3 is 4.34 Å². The minimum atomic E-state index is -0.274. The lowest BCUT2D eigenvalue weighted by Crippen LogP contribution is -2.19. The number of aromatic amines is 1. The van der Waals surface area contributed by atoms with Gasteiger partial charge in [-0.3, -0.25) is 4.79 Å². The summed E-state index contributed by atoms with van der Waals surface area (Å²) in [5.41, 5.74) is 4.09. The minimum Gasteiger partial charge on any atom is -0.872 e. The topological polar surface area (TPSA) is 91.6 Å². The van der Waals surface area contributed by atoms with Crippen LogP contribution in [-0.2, 0) is 10.5 Å². The Balaban J connectivity index is 1.27. The Kier molecular flexibility index (Phi) is 7.64. The molecule has 0 saturated carbocycles. The summed E-state index contributed by atoms with van der Waals surface area (Å²) in [6.07, 6.45) is 1.40. The number of carbonyl (C=O) groups is 1. The van der Waals surface area contributed by atoms with Crippen LogP contribution in [0.4, 0.5) is 0 Å². The fourth-order valence-corrected chi connectivity index (χ4v) is 5.77. The van der Waals surface area contributed by atoms with Crippen molar-refractivity contribution in [2.24, 2.45) is 5.10 Å². The number of nitrogens with one attached hydrogen (secondary N) is 2. The summed E-state index contributed by atoms with van der Waals surface area (Å²) in [6, 6.07) is 18.6. The van der Waals surface area contributed by atoms with Crippen LogP contribution in [0.5, 0.6) is 5.75 Å². The van der Waals surface area contributed by atoms with Crippen LogP contribution < -0.4 is 15.6 Å². The van der Waals surface area contributed by atoms with E-state index < -0.39 is 0 Å². The van der Waals surface area contributed by atoms with Crippen molar-refractivity contribution in [1.29, 1.82) is 0 Å². The highest BCUT2D eigenvalue weighted by molar-refractivity contribution is 8.03. The maximum Gasteiger partial charge on any atom is 0.323 e. The molecule has 2 N–H and O–H groups in total. The maximum atomic E-state index is 12.2. The molecule has 0 fully saturated rings. The fourth-order valence-electron chi connectivity index (χ4n) is 2.81. The largest absolute Gasteiger partial charge is 0.872 e. The number of aromatic nitrogens is 2. The van der Waals surface area contributed by atoms with E-state index in [0.717, 1.165) is 30.2 Å². The quantitative estimate of drug-likeness (QED) is 0.220. The lowest BCUT2D eigenvalue weighted by atomic mass is 10.0. The van der Waals surface area contributed by atoms with E-state index in [1.165, 1.54) is 40.9 Å². The predicted octanol–water partition coefficient (Wildman–Crippen LogP) is 4.37. The lowest BCUT2D eigenvalue weighted by Gasteiger charge is -2.12. The van der Waals surface area contributed by atoms with E-state index in [9.17, 15) is 9.90 Å². The van der Waals surface area contributed by atoms with E-state index >= 15 is 0 Å². The summed E-state index contributed by atoms with van der Waals surface area (Å²) >= 11 is 10.4. The average molecular weight is 501 g/mol. The molecule has 162 valence electrons. The number of hydrogen-bond donors (Lipinski definition) is 1. The molecule has 0 radical (unpaired) electrons. The van der Waals surface area contributed by atoms with Crippen molar-refractivity contribution < 1.29 is 15.0 Å². The number of rotatable bonds is 8. The molecule has 10 heteroatoms. The Labute approximate surface area is 202 Å². The maximum absolute atomic E-state index is 12.2. The van der Waals surface area contributed by atoms with Crippen molar-refractivity contribution >= 4 is 69.4 Å². The van der Waals surface area contributed by atoms with Crippen molar-refractivity contribution in [1.82, 2.24) is 10.5 Å². The van der Waals surface area contributed by atoms with Crippen LogP contribution in [0.15, 0.2) is 74.4 Å². The normalized spacial score (nSPS) is 11.3. The first-order valence-electron chi connectivity index (χ1n) is 9.48. The van der Waals surface area contributed by atoms with Crippen LogP contribution in [0, 0.1) is 0 Å². The standard InChI is InChI=1S/C22H17ClN4O2S3/c23-16-8-5-14(6-9-16)12-30-21-26-27-22(32-21)31-13-20(29)25-24-11-18-17-4-2-1-3-15(17)7-10-19(18)28/h1-11,28H,12-13H2,(H,25,29). The molecule has 32 heavy (non-hydrogen) atoms. The van der Waals surface area contributed by atoms with Gasteiger partial charge in [-0.2, -0.15) is 5.10 Å². The summed E-state index contributed by atoms with van der Waals surface area (Å²) in [4.78, 5) is 12.1. The summed E-state index contributed by atoms with van der Waals surface area (Å²) in [5.74, 6) is 0.549. The zero-order valence-electron chi connectivity index (χ0n) is 16.6. The predicted molar refractivity (Wildman–Crippen MR) is 130 cm³/mol. The van der Waals surface area contributed by atoms with E-state index in [2.05, 4.69) is 20.7 Å². The molecule has 0 saturated heterocycles. The Hall–Kier alpha value is -2.59. The molecule has 0 atom stereocenters. The van der Waals surface area contributed by atoms with Gasteiger partial charge < -0.3 is 5.11 Å². The molecule has 1 heterocycles. The van der Waals surface area contributed by atoms with Crippen LogP contribution in [0.2, 0.25) is 5.02 Å². The molecule has 0 spiro atoms. The second kappa shape index (κ2) is 10.8. The third-order valence-electron chi connectivity index (χ3n) is 4.34. The molecular weight excluding hydrogens is 484 g/mol. The summed E-state index contributed by atoms with van der Waals surface area (Å²) in [7, 11) is 0. The zero-order valence-corrected chi connectivity index (χ0v) is 19.8. The summed E-state index contributed by atoms with van der Waals surface area (Å²) in [6.45, 7) is 0. The molecule has 0 unspecified atom stereocenters. The summed E-state index contributed by atoms with van der Waals surface area (Å²) < 4.78 is 1.72. The van der Waals surface area contributed by atoms with Crippen molar-refractivity contribution in [2.45, 2.75) is 14.4 Å². The first-order chi connectivity index (χ1) is 15.6. The number of hydrazone groups is 1. The Morgan fingerprint density at radius 2 is 1.97 bits per heavy atom. The van der Waals surface area contributed by atoms with Gasteiger partial charge in [0.05, 0.1) is 12.0 Å². The molecule has 3 aromatic carbocycles. The molecule has 6 nitrogen and oxygen atoms in total. The highest BCUT2D eigenvalue weighted by atomic mass is 35.5. The highest BCUT2D eigenvalue weighted by Crippen LogP contribution is 2.29. The molecule has 1 aromatic heterocycles. The number of nitrogens with zero attached hydrogens (tertiary/aromatic N) is 2. The second-order valence-corrected chi connectivity index (χ2v) is 10.5. The van der Waals surface area contributed by atoms with E-state index in [1.54, 1.807) is 17.8 Å². The second-order valence-electron chi connectivity index (χ2n) is 6.57. The van der Waals surface area contributed by atoms with Gasteiger partial charge in [-0.15, -0.1) is 0 Å². The first-order valence-corrected chi connectivity index (χ1v) is 12.6. The monoisotopic (exact) mass is 500 g/mol. The smallest absolute Gasteiger partial charge is 0.323 e. The van der Waals surface area contributed by atoms with E-state index in [-0.39, 0.29) is 17.4 Å². The number of H-pyrrole nitrogens is 1. The number of amides is 1. The molecule has 4 rings (SSSR count). The van der Waals surface area contributed by atoms with Crippen LogP contribution in [0.1, 0.15) is 11.1 Å². The zero-order chi connectivity index (χ0) is 22.3. The van der Waals surface area contributed by atoms with Crippen LogP contribution >= 0.6 is 46.5 Å². The molecule has 0 aliphatic heterocycles. The van der Waals surface area contributed by atoms with Gasteiger partial charge in [-0.05, 0) is 57.1 Å². The molecule has 1 amide bonds. The molecule has 4 aromatic rings. The Morgan fingerprint density at radius 3 is 2.81 bits per heavy atom. The number of fused-ring (bicyclic) bond motifs is 1. The van der Waals surface area contributed by atoms with Gasteiger partial charge in [0.25, 0.3) is 5.91 Å². The number of hydrogen-bond acceptors (Lipinski definition) is 7. The lowest BCUT2D eigenvalue weighted by molar-refractivity contribution is -0.492. The third-order valence-corrected chi connectivity index (χ3v) is 7.92. The van der Waals surface area contributed by atoms with Gasteiger partial charge in [0.1, 0.15) is 0 Å². The number of carbonyl (C=O) groups excluding carboxylic acids is 1. The van der Waals surface area contributed by atoms with Crippen molar-refractivity contribution in [2.75, 3.05) is 5.75 Å². The first kappa shape index (κ1) is 22.6. The molecule has 0 aliphatic carbocycles. The number of benzene rings is 3. The van der Waals surface area contributed by atoms with Crippen LogP contribution in [0.25, 0.3) is 10.8 Å². The molecule has 0 bridgehead atoms. The van der Waals surface area contributed by atoms with Crippen LogP contribution in [0.3, 0.4) is 0 Å². The molecular formula is C22H17ClN4O2S3. The fraction of sp³-hybridized carbons (Fsp3) is 0.0909. The Bertz CT molecular complexity index is 1260. The third kappa shape index (κ3) is 6.01. The Morgan fingerprint density at radius 1 is 1.16 bits per heavy atom. The van der Waals surface area contributed by atoms with Gasteiger partial charge in [-0.1, -0.05) is 82.7 Å². The average Bonchev–Trinajstić information content (AvgIpc) is 3.27. The molecule has 0 aliphatic rings. The van der Waals surface area contributed by atoms with Gasteiger partial charge in [0.2, 0.25) is 4.34 Å². The number of thioether (sulfide) groups is 2.